The summed E-state index contributed by atoms with van der Waals surface area (Å²) >= 11 is 1.31. The van der Waals surface area contributed by atoms with Crippen molar-refractivity contribution < 1.29 is 19.2 Å². The Kier molecular flexibility index (Phi) is 4.62. The molecule has 7 nitrogen and oxygen atoms in total. The fourth-order valence-electron chi connectivity index (χ4n) is 1.80. The van der Waals surface area contributed by atoms with Gasteiger partial charge in [0.25, 0.3) is 5.69 Å². The van der Waals surface area contributed by atoms with Crippen LogP contribution in [0.1, 0.15) is 20.1 Å². The van der Waals surface area contributed by atoms with E-state index >= 15 is 0 Å². The maximum atomic E-state index is 11.5. The molecular weight excluding hydrogens is 308 g/mol. The molecule has 0 spiro atoms. The number of ether oxygens (including phenoxy) is 2. The third-order valence-electron chi connectivity index (χ3n) is 3.00. The van der Waals surface area contributed by atoms with Crippen LogP contribution in [0.2, 0.25) is 0 Å². The van der Waals surface area contributed by atoms with Crippen molar-refractivity contribution in [2.24, 2.45) is 0 Å². The summed E-state index contributed by atoms with van der Waals surface area (Å²) in [5.74, 6) is -0.0615. The quantitative estimate of drug-likeness (QED) is 0.393. The minimum absolute atomic E-state index is 0.0806. The molecule has 0 aliphatic carbocycles. The van der Waals surface area contributed by atoms with Gasteiger partial charge in [-0.2, -0.15) is 0 Å². The Morgan fingerprint density at radius 2 is 2.14 bits per heavy atom. The van der Waals surface area contributed by atoms with Gasteiger partial charge in [0.2, 0.25) is 0 Å². The van der Waals surface area contributed by atoms with Crippen LogP contribution in [0.25, 0.3) is 0 Å². The highest BCUT2D eigenvalue weighted by Gasteiger charge is 2.15. The summed E-state index contributed by atoms with van der Waals surface area (Å²) in [4.78, 5) is 23.2. The zero-order valence-corrected chi connectivity index (χ0v) is 12.8. The molecule has 0 atom stereocenters. The van der Waals surface area contributed by atoms with Crippen molar-refractivity contribution in [3.8, 4) is 5.75 Å². The van der Waals surface area contributed by atoms with E-state index in [9.17, 15) is 14.9 Å². The first-order chi connectivity index (χ1) is 10.4. The van der Waals surface area contributed by atoms with E-state index < -0.39 is 10.9 Å². The monoisotopic (exact) mass is 322 g/mol. The molecule has 116 valence electrons. The van der Waals surface area contributed by atoms with Gasteiger partial charge in [0.1, 0.15) is 22.9 Å². The van der Waals surface area contributed by atoms with E-state index in [4.69, 9.17) is 10.5 Å². The van der Waals surface area contributed by atoms with Gasteiger partial charge >= 0.3 is 5.97 Å². The molecule has 0 aliphatic heterocycles. The van der Waals surface area contributed by atoms with Gasteiger partial charge in [-0.25, -0.2) is 4.79 Å². The Morgan fingerprint density at radius 1 is 1.41 bits per heavy atom. The highest BCUT2D eigenvalue weighted by Crippen LogP contribution is 2.28. The number of esters is 1. The highest BCUT2D eigenvalue weighted by molar-refractivity contribution is 7.14. The molecule has 22 heavy (non-hydrogen) atoms. The molecule has 0 fully saturated rings. The van der Waals surface area contributed by atoms with Gasteiger partial charge in [-0.05, 0) is 25.1 Å². The van der Waals surface area contributed by atoms with Crippen molar-refractivity contribution in [3.63, 3.8) is 0 Å². The lowest BCUT2D eigenvalue weighted by molar-refractivity contribution is -0.384. The molecule has 8 heteroatoms. The number of aryl methyl sites for hydroxylation is 1. The number of nitro benzene ring substituents is 1. The predicted octanol–water partition coefficient (Wildman–Crippen LogP) is 2.91. The maximum Gasteiger partial charge on any atom is 0.348 e. The fraction of sp³-hybridized carbons (Fsp3) is 0.214. The van der Waals surface area contributed by atoms with Crippen molar-refractivity contribution >= 4 is 28.7 Å². The summed E-state index contributed by atoms with van der Waals surface area (Å²) in [6.45, 7) is 2.06. The topological polar surface area (TPSA) is 105 Å². The van der Waals surface area contributed by atoms with Crippen LogP contribution in [0.4, 0.5) is 11.4 Å². The molecule has 1 aromatic carbocycles. The van der Waals surface area contributed by atoms with E-state index in [2.05, 4.69) is 4.74 Å². The molecular formula is C14H14N2O5S. The molecule has 1 aromatic heterocycles. The summed E-state index contributed by atoms with van der Waals surface area (Å²) in [6.07, 6.45) is 0. The number of methoxy groups -OCH3 is 1. The smallest absolute Gasteiger partial charge is 0.348 e. The van der Waals surface area contributed by atoms with Gasteiger partial charge < -0.3 is 15.2 Å². The number of nitrogens with zero attached hydrogens (tertiary/aromatic N) is 1. The number of carbonyl (C=O) groups is 1. The first-order valence-corrected chi connectivity index (χ1v) is 7.08. The Balaban J connectivity index is 2.13. The summed E-state index contributed by atoms with van der Waals surface area (Å²) in [7, 11) is 1.32. The lowest BCUT2D eigenvalue weighted by Gasteiger charge is -2.06. The van der Waals surface area contributed by atoms with Crippen LogP contribution >= 0.6 is 11.3 Å². The maximum absolute atomic E-state index is 11.5. The summed E-state index contributed by atoms with van der Waals surface area (Å²) in [5.41, 5.74) is 6.23. The third kappa shape index (κ3) is 3.34. The van der Waals surface area contributed by atoms with E-state index in [1.807, 2.05) is 6.92 Å². The zero-order valence-electron chi connectivity index (χ0n) is 12.0. The van der Waals surface area contributed by atoms with Gasteiger partial charge in [0, 0.05) is 10.4 Å². The Hall–Kier alpha value is -2.61. The average molecular weight is 322 g/mol. The summed E-state index contributed by atoms with van der Waals surface area (Å²) in [5, 5.41) is 10.8. The second-order valence-corrected chi connectivity index (χ2v) is 5.71. The normalized spacial score (nSPS) is 10.3. The number of hydrogen-bond donors (Lipinski definition) is 1. The third-order valence-corrected chi connectivity index (χ3v) is 4.07. The summed E-state index contributed by atoms with van der Waals surface area (Å²) in [6, 6.07) is 5.95. The van der Waals surface area contributed by atoms with Crippen molar-refractivity contribution in [1.29, 1.82) is 0 Å². The van der Waals surface area contributed by atoms with Gasteiger partial charge in [0.15, 0.2) is 0 Å². The molecule has 0 unspecified atom stereocenters. The second kappa shape index (κ2) is 6.44. The fourth-order valence-corrected chi connectivity index (χ4v) is 2.74. The van der Waals surface area contributed by atoms with Gasteiger partial charge in [0.05, 0.1) is 18.1 Å². The highest BCUT2D eigenvalue weighted by atomic mass is 32.1. The van der Waals surface area contributed by atoms with Gasteiger partial charge in [-0.1, -0.05) is 0 Å². The average Bonchev–Trinajstić information content (AvgIpc) is 2.86. The van der Waals surface area contributed by atoms with Crippen LogP contribution in [0.15, 0.2) is 24.3 Å². The lowest BCUT2D eigenvalue weighted by atomic mass is 10.2. The number of nitro groups is 1. The predicted molar refractivity (Wildman–Crippen MR) is 82.2 cm³/mol. The largest absolute Gasteiger partial charge is 0.489 e. The Bertz CT molecular complexity index is 726. The molecule has 0 aliphatic rings. The van der Waals surface area contributed by atoms with Crippen LogP contribution in [-0.4, -0.2) is 18.0 Å². The molecule has 1 heterocycles. The van der Waals surface area contributed by atoms with Crippen LogP contribution in [0.3, 0.4) is 0 Å². The van der Waals surface area contributed by atoms with E-state index in [1.54, 1.807) is 12.1 Å². The van der Waals surface area contributed by atoms with Crippen molar-refractivity contribution in [1.82, 2.24) is 0 Å². The van der Waals surface area contributed by atoms with Crippen molar-refractivity contribution in [3.05, 3.63) is 49.7 Å². The molecule has 0 bridgehead atoms. The number of thiophene rings is 1. The molecule has 0 amide bonds. The summed E-state index contributed by atoms with van der Waals surface area (Å²) < 4.78 is 10.2. The van der Waals surface area contributed by atoms with Crippen LogP contribution in [0, 0.1) is 17.0 Å². The van der Waals surface area contributed by atoms with Crippen LogP contribution < -0.4 is 10.5 Å². The Morgan fingerprint density at radius 3 is 2.77 bits per heavy atom. The minimum Gasteiger partial charge on any atom is -0.489 e. The number of nitrogen functional groups attached to an aromatic ring is 1. The van der Waals surface area contributed by atoms with Crippen molar-refractivity contribution in [2.75, 3.05) is 12.8 Å². The number of hydrogen-bond acceptors (Lipinski definition) is 7. The Labute approximate surface area is 130 Å². The zero-order chi connectivity index (χ0) is 16.3. The molecule has 2 aromatic rings. The molecule has 2 N–H and O–H groups in total. The number of nitrogens with two attached hydrogens (primary N) is 1. The molecule has 0 saturated heterocycles. The first-order valence-electron chi connectivity index (χ1n) is 6.26. The molecule has 2 rings (SSSR count). The van der Waals surface area contributed by atoms with Gasteiger partial charge in [-0.15, -0.1) is 11.3 Å². The van der Waals surface area contributed by atoms with E-state index in [-0.39, 0.29) is 18.0 Å². The molecule has 0 radical (unpaired) electrons. The number of anilines is 1. The lowest BCUT2D eigenvalue weighted by Crippen LogP contribution is -2.00. The van der Waals surface area contributed by atoms with E-state index in [0.29, 0.717) is 10.6 Å². The SMILES string of the molecule is COC(=O)c1cc(COc2ccc(N)c([N+](=O)[O-])c2)c(C)s1. The van der Waals surface area contributed by atoms with Gasteiger partial charge in [-0.3, -0.25) is 10.1 Å². The van der Waals surface area contributed by atoms with E-state index in [1.165, 1.54) is 30.6 Å². The first kappa shape index (κ1) is 15.8. The standard InChI is InChI=1S/C14H14N2O5S/c1-8-9(5-13(22-8)14(17)20-2)7-21-10-3-4-11(15)12(6-10)16(18)19/h3-6H,7,15H2,1-2H3. The second-order valence-electron chi connectivity index (χ2n) is 4.45. The van der Waals surface area contributed by atoms with Crippen molar-refractivity contribution in [2.45, 2.75) is 13.5 Å². The minimum atomic E-state index is -0.562. The number of carbonyl (C=O) groups excluding carboxylic acids is 1. The number of benzene rings is 1. The number of rotatable bonds is 5. The van der Waals surface area contributed by atoms with Crippen LogP contribution in [-0.2, 0) is 11.3 Å². The molecule has 0 saturated carbocycles. The van der Waals surface area contributed by atoms with Crippen LogP contribution in [0.5, 0.6) is 5.75 Å². The van der Waals surface area contributed by atoms with E-state index in [0.717, 1.165) is 10.4 Å².